The topological polar surface area (TPSA) is 48.1 Å². The van der Waals surface area contributed by atoms with Crippen molar-refractivity contribution in [2.75, 3.05) is 5.73 Å². The number of halogens is 1. The molecular weight excluding hydrogens is 236 g/mol. The van der Waals surface area contributed by atoms with Gasteiger partial charge in [-0.2, -0.15) is 0 Å². The zero-order chi connectivity index (χ0) is 12.3. The number of ether oxygens (including phenoxy) is 1. The van der Waals surface area contributed by atoms with Gasteiger partial charge in [0.05, 0.1) is 10.7 Å². The lowest BCUT2D eigenvalue weighted by Gasteiger charge is -2.10. The molecule has 0 atom stereocenters. The summed E-state index contributed by atoms with van der Waals surface area (Å²) < 4.78 is 5.62. The summed E-state index contributed by atoms with van der Waals surface area (Å²) in [4.78, 5) is 3.92. The fourth-order valence-corrected chi connectivity index (χ4v) is 1.65. The molecule has 17 heavy (non-hydrogen) atoms. The molecule has 0 saturated carbocycles. The van der Waals surface area contributed by atoms with Crippen molar-refractivity contribution >= 4 is 17.3 Å². The number of pyridine rings is 1. The molecule has 4 heteroatoms. The number of hydrogen-bond donors (Lipinski definition) is 1. The molecule has 0 aliphatic heterocycles. The van der Waals surface area contributed by atoms with Crippen molar-refractivity contribution in [3.05, 3.63) is 52.8 Å². The van der Waals surface area contributed by atoms with E-state index in [-0.39, 0.29) is 0 Å². The Balaban J connectivity index is 2.10. The first-order valence-corrected chi connectivity index (χ1v) is 5.62. The molecule has 88 valence electrons. The SMILES string of the molecule is Cc1ccc(OCc2ccncc2Cl)c(N)c1. The largest absolute Gasteiger partial charge is 0.487 e. The Bertz CT molecular complexity index is 529. The molecule has 2 rings (SSSR count). The van der Waals surface area contributed by atoms with Crippen LogP contribution in [-0.2, 0) is 6.61 Å². The molecule has 1 aromatic carbocycles. The summed E-state index contributed by atoms with van der Waals surface area (Å²) in [5.41, 5.74) is 8.49. The normalized spacial score (nSPS) is 10.2. The molecule has 0 spiro atoms. The second-order valence-electron chi connectivity index (χ2n) is 3.80. The first-order chi connectivity index (χ1) is 8.16. The molecule has 1 aromatic heterocycles. The van der Waals surface area contributed by atoms with Gasteiger partial charge in [0.25, 0.3) is 0 Å². The molecule has 0 bridgehead atoms. The van der Waals surface area contributed by atoms with Crippen LogP contribution in [0.5, 0.6) is 5.75 Å². The van der Waals surface area contributed by atoms with Crippen LogP contribution in [0.25, 0.3) is 0 Å². The zero-order valence-electron chi connectivity index (χ0n) is 9.48. The number of nitrogens with zero attached hydrogens (tertiary/aromatic N) is 1. The van der Waals surface area contributed by atoms with Gasteiger partial charge >= 0.3 is 0 Å². The molecule has 0 unspecified atom stereocenters. The second-order valence-corrected chi connectivity index (χ2v) is 4.20. The maximum absolute atomic E-state index is 5.98. The van der Waals surface area contributed by atoms with Crippen molar-refractivity contribution in [3.63, 3.8) is 0 Å². The number of anilines is 1. The minimum atomic E-state index is 0.384. The van der Waals surface area contributed by atoms with E-state index in [0.717, 1.165) is 11.1 Å². The predicted octanol–water partition coefficient (Wildman–Crippen LogP) is 3.20. The van der Waals surface area contributed by atoms with Crippen molar-refractivity contribution in [1.82, 2.24) is 4.98 Å². The van der Waals surface area contributed by atoms with Gasteiger partial charge in [0.15, 0.2) is 0 Å². The van der Waals surface area contributed by atoms with Gasteiger partial charge in [-0.3, -0.25) is 4.98 Å². The number of nitrogen functional groups attached to an aromatic ring is 1. The fourth-order valence-electron chi connectivity index (χ4n) is 1.48. The standard InChI is InChI=1S/C13H13ClN2O/c1-9-2-3-13(12(15)6-9)17-8-10-4-5-16-7-11(10)14/h2-7H,8,15H2,1H3. The second kappa shape index (κ2) is 5.06. The van der Waals surface area contributed by atoms with Crippen LogP contribution in [0.1, 0.15) is 11.1 Å². The number of aromatic nitrogens is 1. The molecule has 3 nitrogen and oxygen atoms in total. The van der Waals surface area contributed by atoms with Gasteiger partial charge in [0.2, 0.25) is 0 Å². The van der Waals surface area contributed by atoms with Crippen LogP contribution in [0.3, 0.4) is 0 Å². The van der Waals surface area contributed by atoms with Gasteiger partial charge in [-0.1, -0.05) is 17.7 Å². The van der Waals surface area contributed by atoms with Gasteiger partial charge in [-0.05, 0) is 30.7 Å². The van der Waals surface area contributed by atoms with Crippen molar-refractivity contribution < 1.29 is 4.74 Å². The highest BCUT2D eigenvalue weighted by Gasteiger charge is 2.03. The smallest absolute Gasteiger partial charge is 0.142 e. The Morgan fingerprint density at radius 1 is 1.35 bits per heavy atom. The van der Waals surface area contributed by atoms with Crippen molar-refractivity contribution in [3.8, 4) is 5.75 Å². The fraction of sp³-hybridized carbons (Fsp3) is 0.154. The summed E-state index contributed by atoms with van der Waals surface area (Å²) >= 11 is 5.98. The van der Waals surface area contributed by atoms with Crippen LogP contribution in [-0.4, -0.2) is 4.98 Å². The summed E-state index contributed by atoms with van der Waals surface area (Å²) in [5, 5.41) is 0.596. The molecule has 0 aliphatic carbocycles. The molecule has 0 amide bonds. The minimum absolute atomic E-state index is 0.384. The predicted molar refractivity (Wildman–Crippen MR) is 69.2 cm³/mol. The summed E-state index contributed by atoms with van der Waals surface area (Å²) in [5.74, 6) is 0.670. The third-order valence-electron chi connectivity index (χ3n) is 2.40. The van der Waals surface area contributed by atoms with E-state index in [9.17, 15) is 0 Å². The Labute approximate surface area is 105 Å². The number of benzene rings is 1. The van der Waals surface area contributed by atoms with Gasteiger partial charge in [0.1, 0.15) is 12.4 Å². The van der Waals surface area contributed by atoms with Gasteiger partial charge < -0.3 is 10.5 Å². The van der Waals surface area contributed by atoms with E-state index in [2.05, 4.69) is 4.98 Å². The number of rotatable bonds is 3. The van der Waals surface area contributed by atoms with Gasteiger partial charge in [0, 0.05) is 18.0 Å². The summed E-state index contributed by atoms with van der Waals surface area (Å²) in [6.45, 7) is 2.37. The van der Waals surface area contributed by atoms with Gasteiger partial charge in [-0.15, -0.1) is 0 Å². The van der Waals surface area contributed by atoms with Crippen LogP contribution in [0, 0.1) is 6.92 Å². The van der Waals surface area contributed by atoms with Crippen LogP contribution >= 0.6 is 11.6 Å². The lowest BCUT2D eigenvalue weighted by Crippen LogP contribution is -1.99. The molecular formula is C13H13ClN2O. The Hall–Kier alpha value is -1.74. The van der Waals surface area contributed by atoms with E-state index >= 15 is 0 Å². The van der Waals surface area contributed by atoms with Crippen molar-refractivity contribution in [1.29, 1.82) is 0 Å². The van der Waals surface area contributed by atoms with Crippen molar-refractivity contribution in [2.24, 2.45) is 0 Å². The molecule has 0 radical (unpaired) electrons. The third-order valence-corrected chi connectivity index (χ3v) is 2.75. The van der Waals surface area contributed by atoms with Crippen molar-refractivity contribution in [2.45, 2.75) is 13.5 Å². The van der Waals surface area contributed by atoms with E-state index < -0.39 is 0 Å². The lowest BCUT2D eigenvalue weighted by molar-refractivity contribution is 0.308. The average molecular weight is 249 g/mol. The first-order valence-electron chi connectivity index (χ1n) is 5.24. The molecule has 2 aromatic rings. The number of hydrogen-bond acceptors (Lipinski definition) is 3. The molecule has 0 aliphatic rings. The van der Waals surface area contributed by atoms with Crippen LogP contribution in [0.4, 0.5) is 5.69 Å². The van der Waals surface area contributed by atoms with Gasteiger partial charge in [-0.25, -0.2) is 0 Å². The Kier molecular flexibility index (Phi) is 3.49. The number of nitrogens with two attached hydrogens (primary N) is 1. The zero-order valence-corrected chi connectivity index (χ0v) is 10.2. The van der Waals surface area contributed by atoms with E-state index in [1.165, 1.54) is 0 Å². The lowest BCUT2D eigenvalue weighted by atomic mass is 10.2. The van der Waals surface area contributed by atoms with E-state index in [1.54, 1.807) is 12.4 Å². The minimum Gasteiger partial charge on any atom is -0.487 e. The van der Waals surface area contributed by atoms with Crippen LogP contribution in [0.15, 0.2) is 36.7 Å². The van der Waals surface area contributed by atoms with E-state index in [4.69, 9.17) is 22.1 Å². The number of aryl methyl sites for hydroxylation is 1. The highest BCUT2D eigenvalue weighted by molar-refractivity contribution is 6.31. The highest BCUT2D eigenvalue weighted by atomic mass is 35.5. The summed E-state index contributed by atoms with van der Waals surface area (Å²) in [7, 11) is 0. The highest BCUT2D eigenvalue weighted by Crippen LogP contribution is 2.24. The van der Waals surface area contributed by atoms with E-state index in [1.807, 2.05) is 31.2 Å². The molecule has 0 saturated heterocycles. The molecule has 1 heterocycles. The quantitative estimate of drug-likeness (QED) is 0.849. The molecule has 0 fully saturated rings. The first kappa shape index (κ1) is 11.7. The van der Waals surface area contributed by atoms with Crippen LogP contribution in [0.2, 0.25) is 5.02 Å². The maximum atomic E-state index is 5.98. The monoisotopic (exact) mass is 248 g/mol. The Morgan fingerprint density at radius 2 is 2.18 bits per heavy atom. The van der Waals surface area contributed by atoms with Crippen LogP contribution < -0.4 is 10.5 Å². The molecule has 2 N–H and O–H groups in total. The summed E-state index contributed by atoms with van der Waals surface area (Å²) in [6.07, 6.45) is 3.28. The average Bonchev–Trinajstić information content (AvgIpc) is 2.30. The van der Waals surface area contributed by atoms with E-state index in [0.29, 0.717) is 23.1 Å². The maximum Gasteiger partial charge on any atom is 0.142 e. The summed E-state index contributed by atoms with van der Waals surface area (Å²) in [6, 6.07) is 7.52. The third kappa shape index (κ3) is 2.88. The Morgan fingerprint density at radius 3 is 2.88 bits per heavy atom.